The number of nitrogens with one attached hydrogen (secondary N) is 2. The molecule has 0 bridgehead atoms. The van der Waals surface area contributed by atoms with E-state index >= 15 is 0 Å². The van der Waals surface area contributed by atoms with Gasteiger partial charge in [0.15, 0.2) is 0 Å². The van der Waals surface area contributed by atoms with Gasteiger partial charge in [0, 0.05) is 7.05 Å². The Morgan fingerprint density at radius 1 is 1.12 bits per heavy atom. The van der Waals surface area contributed by atoms with Crippen molar-refractivity contribution in [2.24, 2.45) is 11.1 Å². The minimum Gasteiger partial charge on any atom is -0.461 e. The summed E-state index contributed by atoms with van der Waals surface area (Å²) in [6, 6.07) is 7.37. The maximum atomic E-state index is 12.2. The van der Waals surface area contributed by atoms with Gasteiger partial charge < -0.3 is 21.1 Å². The highest BCUT2D eigenvalue weighted by Gasteiger charge is 2.33. The van der Waals surface area contributed by atoms with E-state index in [0.717, 1.165) is 5.56 Å². The van der Waals surface area contributed by atoms with Crippen molar-refractivity contribution in [1.29, 1.82) is 0 Å². The Morgan fingerprint density at radius 3 is 2.24 bits per heavy atom. The quantitative estimate of drug-likeness (QED) is 0.628. The van der Waals surface area contributed by atoms with Gasteiger partial charge in [0.1, 0.15) is 12.6 Å². The average Bonchev–Trinajstić information content (AvgIpc) is 2.56. The summed E-state index contributed by atoms with van der Waals surface area (Å²) in [6.07, 6.45) is -0.261. The fourth-order valence-corrected chi connectivity index (χ4v) is 2.14. The minimum absolute atomic E-state index is 0.122. The van der Waals surface area contributed by atoms with Gasteiger partial charge in [-0.15, -0.1) is 0 Å². The van der Waals surface area contributed by atoms with Gasteiger partial charge in [-0.25, -0.2) is 0 Å². The molecule has 25 heavy (non-hydrogen) atoms. The Kier molecular flexibility index (Phi) is 7.57. The largest absolute Gasteiger partial charge is 0.461 e. The van der Waals surface area contributed by atoms with Gasteiger partial charge in [0.2, 0.25) is 11.8 Å². The van der Waals surface area contributed by atoms with Crippen LogP contribution in [0.1, 0.15) is 32.8 Å². The smallest absolute Gasteiger partial charge is 0.308 e. The fraction of sp³-hybridized carbons (Fsp3) is 0.500. The van der Waals surface area contributed by atoms with E-state index in [1.54, 1.807) is 0 Å². The van der Waals surface area contributed by atoms with E-state index in [2.05, 4.69) is 10.6 Å². The predicted octanol–water partition coefficient (Wildman–Crippen LogP) is 0.724. The molecule has 7 heteroatoms. The van der Waals surface area contributed by atoms with Gasteiger partial charge in [0.05, 0.1) is 12.5 Å². The molecule has 1 rings (SSSR count). The van der Waals surface area contributed by atoms with Gasteiger partial charge in [0.25, 0.3) is 0 Å². The third-order valence-corrected chi connectivity index (χ3v) is 3.63. The molecule has 2 unspecified atom stereocenters. The summed E-state index contributed by atoms with van der Waals surface area (Å²) in [7, 11) is 1.49. The van der Waals surface area contributed by atoms with Gasteiger partial charge in [-0.2, -0.15) is 0 Å². The molecule has 1 aromatic rings. The van der Waals surface area contributed by atoms with Crippen LogP contribution in [0.2, 0.25) is 0 Å². The number of likely N-dealkylation sites (N-methyl/N-ethyl adjacent to an activating group) is 1. The number of nitrogens with two attached hydrogens (primary N) is 1. The topological polar surface area (TPSA) is 111 Å². The van der Waals surface area contributed by atoms with Crippen LogP contribution < -0.4 is 16.4 Å². The highest BCUT2D eigenvalue weighted by molar-refractivity contribution is 5.91. The van der Waals surface area contributed by atoms with Crippen molar-refractivity contribution < 1.29 is 19.1 Å². The van der Waals surface area contributed by atoms with Gasteiger partial charge >= 0.3 is 5.97 Å². The zero-order chi connectivity index (χ0) is 19.0. The standard InChI is InChI=1S/C18H27N3O4/c1-18(2,3)15(17(24)20-4)21-16(23)13(19)10-14(22)25-11-12-8-6-5-7-9-12/h5-9,13,15H,10-11,19H2,1-4H3,(H,20,24)(H,21,23). The molecule has 1 aromatic carbocycles. The zero-order valence-electron chi connectivity index (χ0n) is 15.2. The molecule has 0 aromatic heterocycles. The summed E-state index contributed by atoms with van der Waals surface area (Å²) in [6.45, 7) is 5.60. The molecule has 0 aliphatic carbocycles. The molecule has 2 amide bonds. The van der Waals surface area contributed by atoms with Crippen LogP contribution in [0.25, 0.3) is 0 Å². The molecule has 0 fully saturated rings. The summed E-state index contributed by atoms with van der Waals surface area (Å²) in [5, 5.41) is 5.11. The normalized spacial score (nSPS) is 13.5. The van der Waals surface area contributed by atoms with Gasteiger partial charge in [-0.1, -0.05) is 51.1 Å². The van der Waals surface area contributed by atoms with Gasteiger partial charge in [-0.3, -0.25) is 14.4 Å². The lowest BCUT2D eigenvalue weighted by Gasteiger charge is -2.30. The monoisotopic (exact) mass is 349 g/mol. The second-order valence-corrected chi connectivity index (χ2v) is 6.88. The number of hydrogen-bond donors (Lipinski definition) is 3. The van der Waals surface area contributed by atoms with Crippen molar-refractivity contribution in [1.82, 2.24) is 10.6 Å². The molecule has 7 nitrogen and oxygen atoms in total. The first kappa shape index (κ1) is 20.6. The molecular formula is C18H27N3O4. The lowest BCUT2D eigenvalue weighted by Crippen LogP contribution is -2.56. The number of ether oxygens (including phenoxy) is 1. The van der Waals surface area contributed by atoms with Crippen LogP contribution in [0.15, 0.2) is 30.3 Å². The van der Waals surface area contributed by atoms with Crippen molar-refractivity contribution in [3.8, 4) is 0 Å². The summed E-state index contributed by atoms with van der Waals surface area (Å²) >= 11 is 0. The summed E-state index contributed by atoms with van der Waals surface area (Å²) < 4.78 is 5.11. The third kappa shape index (κ3) is 6.93. The number of carbonyl (C=O) groups excluding carboxylic acids is 3. The molecule has 0 aliphatic rings. The van der Waals surface area contributed by atoms with E-state index in [0.29, 0.717) is 0 Å². The van der Waals surface area contributed by atoms with Crippen molar-refractivity contribution in [2.45, 2.75) is 45.9 Å². The van der Waals surface area contributed by atoms with Crippen LogP contribution in [-0.2, 0) is 25.7 Å². The Hall–Kier alpha value is -2.41. The van der Waals surface area contributed by atoms with Crippen molar-refractivity contribution in [3.63, 3.8) is 0 Å². The molecular weight excluding hydrogens is 322 g/mol. The molecule has 0 aliphatic heterocycles. The SMILES string of the molecule is CNC(=O)C(NC(=O)C(N)CC(=O)OCc1ccccc1)C(C)(C)C. The van der Waals surface area contributed by atoms with Crippen LogP contribution >= 0.6 is 0 Å². The van der Waals surface area contributed by atoms with Crippen LogP contribution in [-0.4, -0.2) is 36.9 Å². The van der Waals surface area contributed by atoms with Crippen LogP contribution in [0.3, 0.4) is 0 Å². The highest BCUT2D eigenvalue weighted by Crippen LogP contribution is 2.19. The molecule has 0 saturated heterocycles. The van der Waals surface area contributed by atoms with Crippen molar-refractivity contribution in [3.05, 3.63) is 35.9 Å². The van der Waals surface area contributed by atoms with E-state index in [-0.39, 0.29) is 18.9 Å². The van der Waals surface area contributed by atoms with Crippen LogP contribution in [0.4, 0.5) is 0 Å². The zero-order valence-corrected chi connectivity index (χ0v) is 15.2. The van der Waals surface area contributed by atoms with E-state index < -0.39 is 29.4 Å². The summed E-state index contributed by atoms with van der Waals surface area (Å²) in [5.41, 5.74) is 6.13. The molecule has 2 atom stereocenters. The molecule has 0 heterocycles. The third-order valence-electron chi connectivity index (χ3n) is 3.63. The lowest BCUT2D eigenvalue weighted by molar-refractivity contribution is -0.146. The number of esters is 1. The van der Waals surface area contributed by atoms with E-state index in [1.165, 1.54) is 7.05 Å². The summed E-state index contributed by atoms with van der Waals surface area (Å²) in [4.78, 5) is 36.0. The Labute approximate surface area is 148 Å². The van der Waals surface area contributed by atoms with E-state index in [9.17, 15) is 14.4 Å². The van der Waals surface area contributed by atoms with E-state index in [1.807, 2.05) is 51.1 Å². The Morgan fingerprint density at radius 2 is 1.72 bits per heavy atom. The Balaban J connectivity index is 2.54. The van der Waals surface area contributed by atoms with E-state index in [4.69, 9.17) is 10.5 Å². The first-order valence-corrected chi connectivity index (χ1v) is 8.12. The van der Waals surface area contributed by atoms with Gasteiger partial charge in [-0.05, 0) is 11.0 Å². The van der Waals surface area contributed by atoms with Crippen LogP contribution in [0, 0.1) is 5.41 Å². The molecule has 4 N–H and O–H groups in total. The number of rotatable bonds is 7. The first-order valence-electron chi connectivity index (χ1n) is 8.12. The molecule has 0 saturated carbocycles. The maximum absolute atomic E-state index is 12.2. The maximum Gasteiger partial charge on any atom is 0.308 e. The average molecular weight is 349 g/mol. The molecule has 0 spiro atoms. The first-order chi connectivity index (χ1) is 11.6. The lowest BCUT2D eigenvalue weighted by atomic mass is 9.86. The fourth-order valence-electron chi connectivity index (χ4n) is 2.14. The number of carbonyl (C=O) groups is 3. The second-order valence-electron chi connectivity index (χ2n) is 6.88. The summed E-state index contributed by atoms with van der Waals surface area (Å²) in [5.74, 6) is -1.46. The molecule has 0 radical (unpaired) electrons. The Bertz CT molecular complexity index is 596. The number of hydrogen-bond acceptors (Lipinski definition) is 5. The number of benzene rings is 1. The van der Waals surface area contributed by atoms with Crippen LogP contribution in [0.5, 0.6) is 0 Å². The van der Waals surface area contributed by atoms with Crippen molar-refractivity contribution >= 4 is 17.8 Å². The second kappa shape index (κ2) is 9.17. The predicted molar refractivity (Wildman–Crippen MR) is 94.3 cm³/mol. The number of amides is 2. The highest BCUT2D eigenvalue weighted by atomic mass is 16.5. The minimum atomic E-state index is -1.09. The van der Waals surface area contributed by atoms with Crippen molar-refractivity contribution in [2.75, 3.05) is 7.05 Å². The molecule has 138 valence electrons.